The lowest BCUT2D eigenvalue weighted by Gasteiger charge is -2.10. The third-order valence-electron chi connectivity index (χ3n) is 4.12. The van der Waals surface area contributed by atoms with Gasteiger partial charge in [-0.05, 0) is 29.8 Å². The second kappa shape index (κ2) is 6.95. The van der Waals surface area contributed by atoms with E-state index in [0.29, 0.717) is 28.7 Å². The molecule has 3 aromatic heterocycles. The molecule has 0 amide bonds. The predicted molar refractivity (Wildman–Crippen MR) is 105 cm³/mol. The maximum absolute atomic E-state index is 9.34. The number of fused-ring (bicyclic) bond motifs is 1. The molecule has 4 rings (SSSR count). The lowest BCUT2D eigenvalue weighted by molar-refractivity contribution is 1.07. The summed E-state index contributed by atoms with van der Waals surface area (Å²) in [5.41, 5.74) is 8.86. The molecule has 9 heteroatoms. The van der Waals surface area contributed by atoms with E-state index >= 15 is 0 Å². The van der Waals surface area contributed by atoms with E-state index in [4.69, 9.17) is 23.9 Å². The summed E-state index contributed by atoms with van der Waals surface area (Å²) in [5, 5.41) is 9.34. The number of rotatable bonds is 3. The Hall–Kier alpha value is -4.01. The van der Waals surface area contributed by atoms with Gasteiger partial charge in [-0.1, -0.05) is 23.7 Å². The van der Waals surface area contributed by atoms with E-state index in [9.17, 15) is 5.26 Å². The van der Waals surface area contributed by atoms with Crippen molar-refractivity contribution in [3.05, 3.63) is 65.3 Å². The van der Waals surface area contributed by atoms with Crippen LogP contribution in [0.1, 0.15) is 11.3 Å². The third kappa shape index (κ3) is 2.78. The van der Waals surface area contributed by atoms with Crippen LogP contribution < -0.4 is 5.73 Å². The van der Waals surface area contributed by atoms with Gasteiger partial charge in [0.25, 0.3) is 5.65 Å². The lowest BCUT2D eigenvalue weighted by atomic mass is 10.2. The molecule has 0 radical (unpaired) electrons. The molecule has 8 nitrogen and oxygen atoms in total. The zero-order valence-corrected chi connectivity index (χ0v) is 15.1. The van der Waals surface area contributed by atoms with E-state index in [0.717, 1.165) is 11.3 Å². The maximum Gasteiger partial charge on any atom is 0.308 e. The Labute approximate surface area is 164 Å². The molecule has 0 saturated heterocycles. The van der Waals surface area contributed by atoms with Gasteiger partial charge in [-0.3, -0.25) is 4.57 Å². The molecule has 0 unspecified atom stereocenters. The minimum absolute atomic E-state index is 0.0632. The van der Waals surface area contributed by atoms with Crippen molar-refractivity contribution < 1.29 is 0 Å². The fourth-order valence-corrected chi connectivity index (χ4v) is 2.98. The third-order valence-corrected chi connectivity index (χ3v) is 4.43. The van der Waals surface area contributed by atoms with Crippen LogP contribution in [0.3, 0.4) is 0 Å². The summed E-state index contributed by atoms with van der Waals surface area (Å²) in [6.07, 6.45) is 1.59. The van der Waals surface area contributed by atoms with Gasteiger partial charge in [0, 0.05) is 17.8 Å². The zero-order chi connectivity index (χ0) is 19.7. The summed E-state index contributed by atoms with van der Waals surface area (Å²) in [4.78, 5) is 20.5. The summed E-state index contributed by atoms with van der Waals surface area (Å²) in [6, 6.07) is 13.0. The first-order valence-corrected chi connectivity index (χ1v) is 8.64. The SMILES string of the molecule is [C-]#[N+]c1nc2nc(-c3cccnc3N)n(-c3ccc(CCl)cc3)c2nc1C#N. The van der Waals surface area contributed by atoms with Crippen molar-refractivity contribution >= 4 is 34.5 Å². The minimum atomic E-state index is -0.0946. The van der Waals surface area contributed by atoms with Crippen molar-refractivity contribution in [3.8, 4) is 23.1 Å². The van der Waals surface area contributed by atoms with Gasteiger partial charge >= 0.3 is 5.82 Å². The zero-order valence-electron chi connectivity index (χ0n) is 14.3. The standard InChI is InChI=1S/C19H11ClN8/c1-23-16-14(10-21)25-19-17(26-16)27-18(13-3-2-8-24-15(13)22)28(19)12-6-4-11(9-20)5-7-12/h2-8H,9H2,(H2,22,24). The molecular weight excluding hydrogens is 376 g/mol. The van der Waals surface area contributed by atoms with Crippen molar-refractivity contribution in [1.29, 1.82) is 5.26 Å². The second-order valence-corrected chi connectivity index (χ2v) is 6.04. The number of hydrogen-bond acceptors (Lipinski definition) is 6. The molecule has 3 heterocycles. The van der Waals surface area contributed by atoms with Gasteiger partial charge in [-0.15, -0.1) is 11.6 Å². The van der Waals surface area contributed by atoms with Crippen molar-refractivity contribution in [3.63, 3.8) is 0 Å². The van der Waals surface area contributed by atoms with E-state index in [-0.39, 0.29) is 17.2 Å². The molecule has 1 aromatic carbocycles. The minimum Gasteiger partial charge on any atom is -0.383 e. The van der Waals surface area contributed by atoms with Gasteiger partial charge in [0.15, 0.2) is 11.5 Å². The van der Waals surface area contributed by atoms with Crippen LogP contribution in [-0.2, 0) is 5.88 Å². The molecule has 28 heavy (non-hydrogen) atoms. The number of pyridine rings is 1. The van der Waals surface area contributed by atoms with Gasteiger partial charge in [0.2, 0.25) is 5.65 Å². The number of benzene rings is 1. The molecule has 0 saturated carbocycles. The number of aromatic nitrogens is 5. The Morgan fingerprint density at radius 1 is 1.18 bits per heavy atom. The molecule has 0 spiro atoms. The summed E-state index contributed by atoms with van der Waals surface area (Å²) in [5.74, 6) is 1.05. The summed E-state index contributed by atoms with van der Waals surface area (Å²) in [6.45, 7) is 7.22. The Kier molecular flexibility index (Phi) is 4.32. The summed E-state index contributed by atoms with van der Waals surface area (Å²) >= 11 is 5.89. The highest BCUT2D eigenvalue weighted by molar-refractivity contribution is 6.17. The van der Waals surface area contributed by atoms with Crippen LogP contribution in [0.4, 0.5) is 11.6 Å². The van der Waals surface area contributed by atoms with Crippen LogP contribution in [0.5, 0.6) is 0 Å². The largest absolute Gasteiger partial charge is 0.383 e. The smallest absolute Gasteiger partial charge is 0.308 e. The number of nitrogens with zero attached hydrogens (tertiary/aromatic N) is 7. The molecule has 0 fully saturated rings. The van der Waals surface area contributed by atoms with Gasteiger partial charge in [-0.2, -0.15) is 10.2 Å². The van der Waals surface area contributed by atoms with E-state index in [1.54, 1.807) is 22.9 Å². The van der Waals surface area contributed by atoms with Crippen molar-refractivity contribution in [2.45, 2.75) is 5.88 Å². The Morgan fingerprint density at radius 2 is 1.96 bits per heavy atom. The maximum atomic E-state index is 9.34. The number of nitrogens with two attached hydrogens (primary N) is 1. The van der Waals surface area contributed by atoms with Gasteiger partial charge in [0.1, 0.15) is 11.9 Å². The molecule has 0 atom stereocenters. The van der Waals surface area contributed by atoms with E-state index in [1.165, 1.54) is 0 Å². The number of halogens is 1. The Morgan fingerprint density at radius 3 is 2.61 bits per heavy atom. The topological polar surface area (TPSA) is 111 Å². The molecule has 0 aliphatic carbocycles. The monoisotopic (exact) mass is 386 g/mol. The normalized spacial score (nSPS) is 10.5. The van der Waals surface area contributed by atoms with Crippen LogP contribution in [0.2, 0.25) is 0 Å². The lowest BCUT2D eigenvalue weighted by Crippen LogP contribution is -2.02. The fraction of sp³-hybridized carbons (Fsp3) is 0.0526. The first kappa shape index (κ1) is 17.4. The quantitative estimate of drug-likeness (QED) is 0.425. The van der Waals surface area contributed by atoms with Crippen LogP contribution in [-0.4, -0.2) is 24.5 Å². The number of nitrogen functional groups attached to an aromatic ring is 1. The molecule has 2 N–H and O–H groups in total. The fourth-order valence-electron chi connectivity index (χ4n) is 2.80. The van der Waals surface area contributed by atoms with Gasteiger partial charge < -0.3 is 10.6 Å². The number of imidazole rings is 1. The highest BCUT2D eigenvalue weighted by atomic mass is 35.5. The van der Waals surface area contributed by atoms with Crippen molar-refractivity contribution in [2.75, 3.05) is 5.73 Å². The van der Waals surface area contributed by atoms with Crippen molar-refractivity contribution in [1.82, 2.24) is 24.5 Å². The summed E-state index contributed by atoms with van der Waals surface area (Å²) < 4.78 is 1.74. The first-order chi connectivity index (χ1) is 13.7. The first-order valence-electron chi connectivity index (χ1n) is 8.10. The highest BCUT2D eigenvalue weighted by Gasteiger charge is 2.23. The summed E-state index contributed by atoms with van der Waals surface area (Å²) in [7, 11) is 0. The average molecular weight is 387 g/mol. The molecule has 4 aromatic rings. The highest BCUT2D eigenvalue weighted by Crippen LogP contribution is 2.31. The van der Waals surface area contributed by atoms with Crippen LogP contribution in [0, 0.1) is 17.9 Å². The molecule has 0 aliphatic rings. The Balaban J connectivity index is 2.09. The van der Waals surface area contributed by atoms with Crippen molar-refractivity contribution in [2.24, 2.45) is 0 Å². The molecule has 0 aliphatic heterocycles. The van der Waals surface area contributed by atoms with E-state index < -0.39 is 0 Å². The number of anilines is 1. The molecule has 0 bridgehead atoms. The van der Waals surface area contributed by atoms with Gasteiger partial charge in [0.05, 0.1) is 5.56 Å². The van der Waals surface area contributed by atoms with Crippen LogP contribution >= 0.6 is 11.6 Å². The molecule has 134 valence electrons. The Bertz CT molecular complexity index is 1280. The average Bonchev–Trinajstić information content (AvgIpc) is 3.11. The van der Waals surface area contributed by atoms with Crippen LogP contribution in [0.15, 0.2) is 42.6 Å². The second-order valence-electron chi connectivity index (χ2n) is 5.77. The molecular formula is C19H11ClN8. The van der Waals surface area contributed by atoms with Crippen LogP contribution in [0.25, 0.3) is 33.2 Å². The number of alkyl halides is 1. The predicted octanol–water partition coefficient (Wildman–Crippen LogP) is 3.62. The van der Waals surface area contributed by atoms with E-state index in [2.05, 4.69) is 24.8 Å². The van der Waals surface area contributed by atoms with E-state index in [1.807, 2.05) is 30.3 Å². The number of nitriles is 1. The number of hydrogen-bond donors (Lipinski definition) is 1. The van der Waals surface area contributed by atoms with Gasteiger partial charge in [-0.25, -0.2) is 9.97 Å².